The van der Waals surface area contributed by atoms with E-state index in [1.165, 1.54) is 0 Å². The molecule has 42 heavy (non-hydrogen) atoms. The van der Waals surface area contributed by atoms with Crippen LogP contribution in [-0.4, -0.2) is 52.2 Å². The van der Waals surface area contributed by atoms with Crippen LogP contribution in [-0.2, 0) is 11.2 Å². The zero-order valence-electron chi connectivity index (χ0n) is 22.7. The van der Waals surface area contributed by atoms with E-state index in [-0.39, 0.29) is 18.2 Å². The average Bonchev–Trinajstić information content (AvgIpc) is 3.67. The van der Waals surface area contributed by atoms with Crippen molar-refractivity contribution in [3.05, 3.63) is 120 Å². The summed E-state index contributed by atoms with van der Waals surface area (Å²) in [6.07, 6.45) is 0.230. The first kappa shape index (κ1) is 27.4. The van der Waals surface area contributed by atoms with Gasteiger partial charge in [-0.3, -0.25) is 4.79 Å². The summed E-state index contributed by atoms with van der Waals surface area (Å²) in [5.74, 6) is 1.21. The van der Waals surface area contributed by atoms with Gasteiger partial charge in [0.2, 0.25) is 0 Å². The number of hydrogen-bond donors (Lipinski definition) is 2. The maximum absolute atomic E-state index is 13.1. The van der Waals surface area contributed by atoms with Gasteiger partial charge in [-0.2, -0.15) is 4.98 Å². The fraction of sp³-hybridized carbons (Fsp3) is 0.182. The number of nitrogens with zero attached hydrogens (tertiary/aromatic N) is 2. The van der Waals surface area contributed by atoms with Gasteiger partial charge in [-0.05, 0) is 42.0 Å². The Hall–Kier alpha value is -4.76. The fourth-order valence-corrected chi connectivity index (χ4v) is 6.08. The number of nitrogens with one attached hydrogen (secondary N) is 1. The molecule has 2 heterocycles. The third kappa shape index (κ3) is 6.11. The quantitative estimate of drug-likeness (QED) is 0.179. The second-order valence-electron chi connectivity index (χ2n) is 10.0. The maximum Gasteiger partial charge on any atom is 0.326 e. The third-order valence-corrected chi connectivity index (χ3v) is 8.23. The minimum absolute atomic E-state index is 0.113. The number of ether oxygens (including phenoxy) is 1. The maximum atomic E-state index is 13.1. The lowest BCUT2D eigenvalue weighted by molar-refractivity contribution is -0.137. The highest BCUT2D eigenvalue weighted by atomic mass is 32.2. The summed E-state index contributed by atoms with van der Waals surface area (Å²) in [5.41, 5.74) is 3.88. The zero-order valence-corrected chi connectivity index (χ0v) is 23.5. The summed E-state index contributed by atoms with van der Waals surface area (Å²) < 4.78 is 12.1. The van der Waals surface area contributed by atoms with E-state index in [1.807, 2.05) is 54.6 Å². The number of aliphatic carboxylic acids is 1. The molecule has 0 amide bonds. The molecule has 6 rings (SSSR count). The average molecular weight is 580 g/mol. The van der Waals surface area contributed by atoms with Gasteiger partial charge in [0.05, 0.1) is 11.9 Å². The molecule has 0 spiro atoms. The Bertz CT molecular complexity index is 1660. The fourth-order valence-electron chi connectivity index (χ4n) is 4.90. The molecule has 2 N–H and O–H groups in total. The number of oxazole rings is 1. The van der Waals surface area contributed by atoms with Crippen LogP contribution in [0.3, 0.4) is 0 Å². The molecular weight excluding hydrogens is 550 g/mol. The van der Waals surface area contributed by atoms with Crippen molar-refractivity contribution in [1.82, 2.24) is 4.98 Å². The Morgan fingerprint density at radius 2 is 1.71 bits per heavy atom. The van der Waals surface area contributed by atoms with Gasteiger partial charge in [-0.25, -0.2) is 4.79 Å². The first-order valence-electron chi connectivity index (χ1n) is 13.6. The molecule has 1 saturated heterocycles. The minimum atomic E-state index is -1.00. The normalized spacial score (nSPS) is 15.4. The summed E-state index contributed by atoms with van der Waals surface area (Å²) in [6.45, 7) is 0.469. The van der Waals surface area contributed by atoms with E-state index in [0.29, 0.717) is 35.2 Å². The summed E-state index contributed by atoms with van der Waals surface area (Å²) in [7, 11) is 0. The Morgan fingerprint density at radius 1 is 0.976 bits per heavy atom. The summed E-state index contributed by atoms with van der Waals surface area (Å²) in [4.78, 5) is 32.0. The molecule has 0 aliphatic carbocycles. The van der Waals surface area contributed by atoms with Gasteiger partial charge in [-0.1, -0.05) is 66.7 Å². The number of fused-ring (bicyclic) bond motifs is 1. The van der Waals surface area contributed by atoms with Crippen LogP contribution in [0.4, 0.5) is 11.7 Å². The molecule has 0 bridgehead atoms. The Labute approximate surface area is 247 Å². The van der Waals surface area contributed by atoms with Crippen LogP contribution in [0.25, 0.3) is 11.1 Å². The van der Waals surface area contributed by atoms with Crippen molar-refractivity contribution in [2.75, 3.05) is 28.5 Å². The molecular formula is C33H29N3O5S. The zero-order chi connectivity index (χ0) is 28.9. The summed E-state index contributed by atoms with van der Waals surface area (Å²) in [5, 5.41) is 13.1. The molecule has 1 aromatic heterocycles. The van der Waals surface area contributed by atoms with Crippen molar-refractivity contribution >= 4 is 46.3 Å². The van der Waals surface area contributed by atoms with Gasteiger partial charge in [0.15, 0.2) is 11.4 Å². The number of para-hydroxylation sites is 3. The highest BCUT2D eigenvalue weighted by Crippen LogP contribution is 2.30. The number of carbonyl (C=O) groups excluding carboxylic acids is 1. The standard InChI is InChI=1S/C33H29N3O5S/c37-31(23-8-2-1-3-9-23)26-10-4-5-11-27(26)34-29(32(38)39)18-22-14-16-25(17-15-22)40-19-24-20-42-21-36(24)33-35-28-12-6-7-13-30(28)41-33/h1-17,24,29,34H,18-21H2,(H,38,39)/t24-,29+/m1/s1. The predicted molar refractivity (Wildman–Crippen MR) is 165 cm³/mol. The molecule has 4 aromatic carbocycles. The number of thioether (sulfide) groups is 1. The second-order valence-corrected chi connectivity index (χ2v) is 11.0. The number of carboxylic acid groups (broad SMARTS) is 1. The van der Waals surface area contributed by atoms with E-state index in [0.717, 1.165) is 28.3 Å². The van der Waals surface area contributed by atoms with Gasteiger partial charge in [-0.15, -0.1) is 11.8 Å². The number of ketones is 1. The van der Waals surface area contributed by atoms with Gasteiger partial charge in [0, 0.05) is 29.0 Å². The number of aromatic nitrogens is 1. The number of anilines is 2. The summed E-state index contributed by atoms with van der Waals surface area (Å²) >= 11 is 1.81. The van der Waals surface area contributed by atoms with Crippen LogP contribution in [0, 0.1) is 0 Å². The number of hydrogen-bond acceptors (Lipinski definition) is 8. The number of carboxylic acids is 1. The topological polar surface area (TPSA) is 105 Å². The van der Waals surface area contributed by atoms with Crippen molar-refractivity contribution in [3.63, 3.8) is 0 Å². The Morgan fingerprint density at radius 3 is 2.50 bits per heavy atom. The molecule has 1 fully saturated rings. The van der Waals surface area contributed by atoms with E-state index in [9.17, 15) is 14.7 Å². The van der Waals surface area contributed by atoms with Gasteiger partial charge >= 0.3 is 5.97 Å². The highest BCUT2D eigenvalue weighted by molar-refractivity contribution is 7.99. The first-order valence-corrected chi connectivity index (χ1v) is 14.8. The van der Waals surface area contributed by atoms with Crippen molar-refractivity contribution < 1.29 is 23.8 Å². The minimum Gasteiger partial charge on any atom is -0.491 e. The van der Waals surface area contributed by atoms with Crippen molar-refractivity contribution in [1.29, 1.82) is 0 Å². The molecule has 8 nitrogen and oxygen atoms in total. The highest BCUT2D eigenvalue weighted by Gasteiger charge is 2.29. The van der Waals surface area contributed by atoms with Crippen molar-refractivity contribution in [2.24, 2.45) is 0 Å². The lowest BCUT2D eigenvalue weighted by atomic mass is 10.00. The molecule has 212 valence electrons. The molecule has 2 atom stereocenters. The van der Waals surface area contributed by atoms with Crippen LogP contribution in [0.15, 0.2) is 108 Å². The van der Waals surface area contributed by atoms with E-state index >= 15 is 0 Å². The van der Waals surface area contributed by atoms with E-state index in [1.54, 1.807) is 60.3 Å². The van der Waals surface area contributed by atoms with Gasteiger partial charge in [0.1, 0.15) is 23.9 Å². The van der Waals surface area contributed by atoms with Gasteiger partial charge in [0.25, 0.3) is 6.01 Å². The van der Waals surface area contributed by atoms with Crippen molar-refractivity contribution in [3.8, 4) is 5.75 Å². The second kappa shape index (κ2) is 12.4. The van der Waals surface area contributed by atoms with Crippen LogP contribution < -0.4 is 15.0 Å². The lowest BCUT2D eigenvalue weighted by Crippen LogP contribution is -2.36. The SMILES string of the molecule is O=C(c1ccccc1)c1ccccc1N[C@@H](Cc1ccc(OC[C@@H]2CSCN2c2nc3ccccc3o2)cc1)C(=O)O. The lowest BCUT2D eigenvalue weighted by Gasteiger charge is -2.22. The third-order valence-electron chi connectivity index (χ3n) is 7.15. The van der Waals surface area contributed by atoms with Crippen LogP contribution in [0.5, 0.6) is 5.75 Å². The molecule has 5 aromatic rings. The van der Waals surface area contributed by atoms with Crippen LogP contribution >= 0.6 is 11.8 Å². The first-order chi connectivity index (χ1) is 20.5. The van der Waals surface area contributed by atoms with E-state index < -0.39 is 12.0 Å². The number of benzene rings is 4. The van der Waals surface area contributed by atoms with Crippen molar-refractivity contribution in [2.45, 2.75) is 18.5 Å². The molecule has 9 heteroatoms. The molecule has 1 aliphatic rings. The molecule has 0 unspecified atom stereocenters. The predicted octanol–water partition coefficient (Wildman–Crippen LogP) is 6.12. The Balaban J connectivity index is 1.09. The van der Waals surface area contributed by atoms with E-state index in [2.05, 4.69) is 15.2 Å². The molecule has 0 saturated carbocycles. The van der Waals surface area contributed by atoms with Crippen LogP contribution in [0.1, 0.15) is 21.5 Å². The smallest absolute Gasteiger partial charge is 0.326 e. The van der Waals surface area contributed by atoms with E-state index in [4.69, 9.17) is 9.15 Å². The largest absolute Gasteiger partial charge is 0.491 e. The van der Waals surface area contributed by atoms with Gasteiger partial charge < -0.3 is 24.5 Å². The monoisotopic (exact) mass is 579 g/mol. The van der Waals surface area contributed by atoms with Crippen LogP contribution in [0.2, 0.25) is 0 Å². The molecule has 0 radical (unpaired) electrons. The summed E-state index contributed by atoms with van der Waals surface area (Å²) in [6, 6.07) is 30.9. The molecule has 1 aliphatic heterocycles. The number of rotatable bonds is 11. The Kier molecular flexibility index (Phi) is 8.09. The number of carbonyl (C=O) groups is 2.